The monoisotopic (exact) mass is 290 g/mol. The maximum Gasteiger partial charge on any atom is 0.314 e. The minimum atomic E-state index is -0.644. The van der Waals surface area contributed by atoms with Crippen molar-refractivity contribution < 1.29 is 9.90 Å². The number of carbonyl (C=O) groups is 1. The number of carbonyl (C=O) groups excluding carboxylic acids is 1. The van der Waals surface area contributed by atoms with Crippen molar-refractivity contribution in [1.29, 1.82) is 0 Å². The van der Waals surface area contributed by atoms with Crippen LogP contribution in [-0.2, 0) is 6.42 Å². The van der Waals surface area contributed by atoms with Gasteiger partial charge in [-0.3, -0.25) is 0 Å². The third-order valence-electron chi connectivity index (χ3n) is 2.87. The summed E-state index contributed by atoms with van der Waals surface area (Å²) in [4.78, 5) is 12.4. The fourth-order valence-corrected chi connectivity index (χ4v) is 2.51. The molecule has 20 heavy (non-hydrogen) atoms. The van der Waals surface area contributed by atoms with Gasteiger partial charge in [0.1, 0.15) is 6.10 Å². The summed E-state index contributed by atoms with van der Waals surface area (Å²) in [6.45, 7) is 0.794. The number of urea groups is 1. The van der Waals surface area contributed by atoms with Gasteiger partial charge in [0, 0.05) is 11.4 Å². The molecule has 0 saturated heterocycles. The Morgan fingerprint density at radius 1 is 1.15 bits per heavy atom. The molecule has 106 valence electrons. The molecule has 0 bridgehead atoms. The molecule has 0 fully saturated rings. The van der Waals surface area contributed by atoms with Gasteiger partial charge in [0.05, 0.1) is 6.54 Å². The maximum atomic E-state index is 11.6. The van der Waals surface area contributed by atoms with E-state index in [4.69, 9.17) is 0 Å². The fourth-order valence-electron chi connectivity index (χ4n) is 1.80. The Hall–Kier alpha value is -1.85. The average Bonchev–Trinajstić information content (AvgIpc) is 3.00. The van der Waals surface area contributed by atoms with E-state index in [1.54, 1.807) is 0 Å². The Morgan fingerprint density at radius 2 is 1.95 bits per heavy atom. The first-order valence-electron chi connectivity index (χ1n) is 6.53. The Balaban J connectivity index is 1.63. The highest BCUT2D eigenvalue weighted by atomic mass is 32.1. The second kappa shape index (κ2) is 7.67. The molecule has 0 spiro atoms. The fraction of sp³-hybridized carbons (Fsp3) is 0.267. The molecule has 0 radical (unpaired) electrons. The van der Waals surface area contributed by atoms with Crippen LogP contribution in [0.2, 0.25) is 0 Å². The SMILES string of the molecule is O=C(NCCc1ccccc1)NCC(O)c1cccs1. The molecular weight excluding hydrogens is 272 g/mol. The van der Waals surface area contributed by atoms with Crippen LogP contribution in [0.15, 0.2) is 47.8 Å². The summed E-state index contributed by atoms with van der Waals surface area (Å²) in [5.41, 5.74) is 1.19. The Morgan fingerprint density at radius 3 is 2.65 bits per heavy atom. The summed E-state index contributed by atoms with van der Waals surface area (Å²) < 4.78 is 0. The van der Waals surface area contributed by atoms with Crippen molar-refractivity contribution in [3.05, 3.63) is 58.3 Å². The van der Waals surface area contributed by atoms with Crippen LogP contribution in [0.4, 0.5) is 4.79 Å². The molecular formula is C15H18N2O2S. The highest BCUT2D eigenvalue weighted by molar-refractivity contribution is 7.10. The quantitative estimate of drug-likeness (QED) is 0.764. The van der Waals surface area contributed by atoms with E-state index >= 15 is 0 Å². The van der Waals surface area contributed by atoms with Gasteiger partial charge in [-0.1, -0.05) is 36.4 Å². The zero-order valence-electron chi connectivity index (χ0n) is 11.1. The summed E-state index contributed by atoms with van der Waals surface area (Å²) in [5.74, 6) is 0. The van der Waals surface area contributed by atoms with Crippen LogP contribution in [-0.4, -0.2) is 24.2 Å². The highest BCUT2D eigenvalue weighted by Crippen LogP contribution is 2.17. The maximum absolute atomic E-state index is 11.6. The topological polar surface area (TPSA) is 61.4 Å². The standard InChI is InChI=1S/C15H18N2O2S/c18-13(14-7-4-10-20-14)11-17-15(19)16-9-8-12-5-2-1-3-6-12/h1-7,10,13,18H,8-9,11H2,(H2,16,17,19). The van der Waals surface area contributed by atoms with Gasteiger partial charge in [0.25, 0.3) is 0 Å². The summed E-state index contributed by atoms with van der Waals surface area (Å²) in [6.07, 6.45) is 0.150. The molecule has 1 heterocycles. The van der Waals surface area contributed by atoms with E-state index in [-0.39, 0.29) is 12.6 Å². The van der Waals surface area contributed by atoms with Crippen LogP contribution < -0.4 is 10.6 Å². The zero-order chi connectivity index (χ0) is 14.2. The summed E-state index contributed by atoms with van der Waals surface area (Å²) >= 11 is 1.48. The molecule has 1 atom stereocenters. The molecule has 2 aromatic rings. The number of nitrogens with one attached hydrogen (secondary N) is 2. The predicted molar refractivity (Wildman–Crippen MR) is 80.8 cm³/mol. The third-order valence-corrected chi connectivity index (χ3v) is 3.84. The number of hydrogen-bond acceptors (Lipinski definition) is 3. The molecule has 2 amide bonds. The lowest BCUT2D eigenvalue weighted by molar-refractivity contribution is 0.176. The van der Waals surface area contributed by atoms with Crippen molar-refractivity contribution >= 4 is 17.4 Å². The molecule has 4 nitrogen and oxygen atoms in total. The molecule has 3 N–H and O–H groups in total. The lowest BCUT2D eigenvalue weighted by atomic mass is 10.1. The Labute approximate surface area is 122 Å². The number of hydrogen-bond donors (Lipinski definition) is 3. The highest BCUT2D eigenvalue weighted by Gasteiger charge is 2.09. The van der Waals surface area contributed by atoms with Gasteiger partial charge >= 0.3 is 6.03 Å². The second-order valence-electron chi connectivity index (χ2n) is 4.40. The summed E-state index contributed by atoms with van der Waals surface area (Å²) in [6, 6.07) is 13.5. The van der Waals surface area contributed by atoms with Crippen LogP contribution >= 0.6 is 11.3 Å². The molecule has 0 aliphatic rings. The normalized spacial score (nSPS) is 11.8. The zero-order valence-corrected chi connectivity index (χ0v) is 11.9. The van der Waals surface area contributed by atoms with E-state index in [2.05, 4.69) is 10.6 Å². The lowest BCUT2D eigenvalue weighted by Crippen LogP contribution is -2.38. The van der Waals surface area contributed by atoms with E-state index in [0.717, 1.165) is 11.3 Å². The molecule has 0 aliphatic carbocycles. The molecule has 0 saturated carbocycles. The van der Waals surface area contributed by atoms with Gasteiger partial charge < -0.3 is 15.7 Å². The van der Waals surface area contributed by atoms with Gasteiger partial charge in [-0.2, -0.15) is 0 Å². The van der Waals surface area contributed by atoms with Crippen molar-refractivity contribution in [2.24, 2.45) is 0 Å². The Bertz CT molecular complexity index is 514. The van der Waals surface area contributed by atoms with E-state index < -0.39 is 6.10 Å². The van der Waals surface area contributed by atoms with Gasteiger partial charge in [-0.05, 0) is 23.4 Å². The van der Waals surface area contributed by atoms with Gasteiger partial charge in [-0.25, -0.2) is 4.79 Å². The second-order valence-corrected chi connectivity index (χ2v) is 5.38. The molecule has 0 aliphatic heterocycles. The minimum Gasteiger partial charge on any atom is -0.386 e. The smallest absolute Gasteiger partial charge is 0.314 e. The van der Waals surface area contributed by atoms with Crippen molar-refractivity contribution in [2.75, 3.05) is 13.1 Å². The number of aliphatic hydroxyl groups excluding tert-OH is 1. The van der Waals surface area contributed by atoms with Crippen LogP contribution in [0.3, 0.4) is 0 Å². The first-order chi connectivity index (χ1) is 9.75. The minimum absolute atomic E-state index is 0.220. The first-order valence-corrected chi connectivity index (χ1v) is 7.41. The van der Waals surface area contributed by atoms with Crippen LogP contribution in [0.1, 0.15) is 16.5 Å². The molecule has 1 unspecified atom stereocenters. The van der Waals surface area contributed by atoms with Gasteiger partial charge in [-0.15, -0.1) is 11.3 Å². The van der Waals surface area contributed by atoms with Crippen molar-refractivity contribution in [3.63, 3.8) is 0 Å². The number of benzene rings is 1. The van der Waals surface area contributed by atoms with Crippen molar-refractivity contribution in [1.82, 2.24) is 10.6 Å². The Kier molecular flexibility index (Phi) is 5.58. The van der Waals surface area contributed by atoms with Crippen molar-refractivity contribution in [3.8, 4) is 0 Å². The molecule has 2 rings (SSSR count). The van der Waals surface area contributed by atoms with E-state index in [9.17, 15) is 9.90 Å². The van der Waals surface area contributed by atoms with Gasteiger partial charge in [0.2, 0.25) is 0 Å². The van der Waals surface area contributed by atoms with Crippen molar-refractivity contribution in [2.45, 2.75) is 12.5 Å². The first kappa shape index (κ1) is 14.6. The lowest BCUT2D eigenvalue weighted by Gasteiger charge is -2.11. The number of amides is 2. The van der Waals surface area contributed by atoms with Crippen LogP contribution in [0.5, 0.6) is 0 Å². The predicted octanol–water partition coefficient (Wildman–Crippen LogP) is 2.32. The number of thiophene rings is 1. The van der Waals surface area contributed by atoms with E-state index in [1.165, 1.54) is 16.9 Å². The van der Waals surface area contributed by atoms with Crippen LogP contribution in [0, 0.1) is 0 Å². The third kappa shape index (κ3) is 4.68. The molecule has 5 heteroatoms. The number of rotatable bonds is 6. The molecule has 1 aromatic carbocycles. The summed E-state index contributed by atoms with van der Waals surface area (Å²) in [7, 11) is 0. The molecule has 1 aromatic heterocycles. The van der Waals surface area contributed by atoms with Gasteiger partial charge in [0.15, 0.2) is 0 Å². The number of aliphatic hydroxyl groups is 1. The van der Waals surface area contributed by atoms with E-state index in [0.29, 0.717) is 6.54 Å². The largest absolute Gasteiger partial charge is 0.386 e. The van der Waals surface area contributed by atoms with Crippen LogP contribution in [0.25, 0.3) is 0 Å². The summed E-state index contributed by atoms with van der Waals surface area (Å²) in [5, 5.41) is 17.2. The van der Waals surface area contributed by atoms with E-state index in [1.807, 2.05) is 47.8 Å². The average molecular weight is 290 g/mol.